The van der Waals surface area contributed by atoms with Crippen LogP contribution in [0.3, 0.4) is 0 Å². The fourth-order valence-corrected chi connectivity index (χ4v) is 3.96. The highest BCUT2D eigenvalue weighted by Crippen LogP contribution is 2.30. The highest BCUT2D eigenvalue weighted by molar-refractivity contribution is 7.99. The van der Waals surface area contributed by atoms with Crippen molar-refractivity contribution in [3.63, 3.8) is 0 Å². The van der Waals surface area contributed by atoms with E-state index in [1.807, 2.05) is 28.8 Å². The normalized spacial score (nSPS) is 10.7. The molecule has 1 N–H and O–H groups in total. The molecule has 0 radical (unpaired) electrons. The fourth-order valence-electron chi connectivity index (χ4n) is 3.12. The molecule has 0 aliphatic carbocycles. The van der Waals surface area contributed by atoms with Gasteiger partial charge in [0.1, 0.15) is 17.2 Å². The summed E-state index contributed by atoms with van der Waals surface area (Å²) in [6.07, 6.45) is 0. The van der Waals surface area contributed by atoms with Crippen LogP contribution in [-0.4, -0.2) is 45.6 Å². The van der Waals surface area contributed by atoms with Crippen molar-refractivity contribution in [3.05, 3.63) is 78.4 Å². The van der Waals surface area contributed by atoms with E-state index in [0.29, 0.717) is 22.3 Å². The van der Waals surface area contributed by atoms with Crippen LogP contribution in [-0.2, 0) is 0 Å². The van der Waals surface area contributed by atoms with Crippen molar-refractivity contribution < 1.29 is 19.4 Å². The van der Waals surface area contributed by atoms with Gasteiger partial charge in [-0.3, -0.25) is 9.36 Å². The van der Waals surface area contributed by atoms with E-state index in [4.69, 9.17) is 9.47 Å². The van der Waals surface area contributed by atoms with Gasteiger partial charge in [-0.15, -0.1) is 10.2 Å². The third-order valence-electron chi connectivity index (χ3n) is 4.83. The summed E-state index contributed by atoms with van der Waals surface area (Å²) in [5.74, 6) is 2.39. The quantitative estimate of drug-likeness (QED) is 0.311. The Balaban J connectivity index is 1.64. The van der Waals surface area contributed by atoms with Gasteiger partial charge in [-0.1, -0.05) is 11.8 Å². The molecule has 0 aliphatic rings. The van der Waals surface area contributed by atoms with Crippen LogP contribution in [0.15, 0.2) is 78.0 Å². The molecule has 4 rings (SSSR count). The van der Waals surface area contributed by atoms with Gasteiger partial charge in [0.2, 0.25) is 0 Å². The Bertz CT molecular complexity index is 1200. The number of ketones is 1. The molecular formula is C24H21N3O4S. The van der Waals surface area contributed by atoms with Crippen molar-refractivity contribution in [2.24, 2.45) is 0 Å². The van der Waals surface area contributed by atoms with Crippen LogP contribution in [0.25, 0.3) is 17.1 Å². The number of carbonyl (C=O) groups is 1. The molecular weight excluding hydrogens is 426 g/mol. The number of hydrogen-bond donors (Lipinski definition) is 1. The second-order valence-electron chi connectivity index (χ2n) is 6.83. The molecule has 0 saturated heterocycles. The van der Waals surface area contributed by atoms with Crippen LogP contribution in [0.4, 0.5) is 0 Å². The average molecular weight is 448 g/mol. The minimum atomic E-state index is -0.0203. The zero-order chi connectivity index (χ0) is 22.5. The minimum absolute atomic E-state index is 0.0203. The summed E-state index contributed by atoms with van der Waals surface area (Å²) in [6, 6.07) is 21.3. The van der Waals surface area contributed by atoms with Crippen molar-refractivity contribution in [2.45, 2.75) is 5.16 Å². The molecule has 8 heteroatoms. The first-order valence-corrected chi connectivity index (χ1v) is 10.8. The number of phenols is 1. The molecule has 0 atom stereocenters. The Labute approximate surface area is 189 Å². The number of carbonyl (C=O) groups excluding carboxylic acids is 1. The van der Waals surface area contributed by atoms with Gasteiger partial charge in [0.15, 0.2) is 16.8 Å². The van der Waals surface area contributed by atoms with Crippen LogP contribution in [0.2, 0.25) is 0 Å². The van der Waals surface area contributed by atoms with Crippen LogP contribution in [0, 0.1) is 0 Å². The molecule has 4 aromatic rings. The number of aromatic nitrogens is 3. The molecule has 0 amide bonds. The molecule has 0 saturated carbocycles. The van der Waals surface area contributed by atoms with Crippen molar-refractivity contribution in [1.82, 2.24) is 14.8 Å². The van der Waals surface area contributed by atoms with E-state index in [-0.39, 0.29) is 17.3 Å². The second kappa shape index (κ2) is 9.57. The summed E-state index contributed by atoms with van der Waals surface area (Å²) < 4.78 is 12.3. The summed E-state index contributed by atoms with van der Waals surface area (Å²) in [5, 5.41) is 18.9. The molecule has 3 aromatic carbocycles. The van der Waals surface area contributed by atoms with E-state index in [9.17, 15) is 9.90 Å². The Kier molecular flexibility index (Phi) is 6.42. The molecule has 0 bridgehead atoms. The maximum Gasteiger partial charge on any atom is 0.196 e. The van der Waals surface area contributed by atoms with E-state index in [2.05, 4.69) is 10.2 Å². The monoisotopic (exact) mass is 447 g/mol. The predicted octanol–water partition coefficient (Wildman–Crippen LogP) is 4.63. The second-order valence-corrected chi connectivity index (χ2v) is 7.77. The number of aromatic hydroxyl groups is 1. The van der Waals surface area contributed by atoms with Gasteiger partial charge >= 0.3 is 0 Å². The van der Waals surface area contributed by atoms with E-state index in [0.717, 1.165) is 17.0 Å². The number of nitrogens with zero attached hydrogens (tertiary/aromatic N) is 3. The van der Waals surface area contributed by atoms with E-state index in [1.165, 1.54) is 11.8 Å². The summed E-state index contributed by atoms with van der Waals surface area (Å²) in [4.78, 5) is 12.7. The molecule has 0 fully saturated rings. The largest absolute Gasteiger partial charge is 0.508 e. The molecule has 0 aliphatic heterocycles. The lowest BCUT2D eigenvalue weighted by Crippen LogP contribution is -2.05. The third-order valence-corrected chi connectivity index (χ3v) is 5.76. The van der Waals surface area contributed by atoms with Gasteiger partial charge in [-0.05, 0) is 72.8 Å². The molecule has 0 unspecified atom stereocenters. The van der Waals surface area contributed by atoms with Crippen LogP contribution in [0.1, 0.15) is 10.4 Å². The van der Waals surface area contributed by atoms with Gasteiger partial charge in [-0.25, -0.2) is 0 Å². The van der Waals surface area contributed by atoms with Crippen LogP contribution in [0.5, 0.6) is 17.2 Å². The molecule has 7 nitrogen and oxygen atoms in total. The van der Waals surface area contributed by atoms with Crippen molar-refractivity contribution >= 4 is 17.5 Å². The highest BCUT2D eigenvalue weighted by atomic mass is 32.2. The van der Waals surface area contributed by atoms with Crippen LogP contribution < -0.4 is 9.47 Å². The lowest BCUT2D eigenvalue weighted by atomic mass is 10.1. The summed E-state index contributed by atoms with van der Waals surface area (Å²) in [7, 11) is 3.20. The van der Waals surface area contributed by atoms with E-state index >= 15 is 0 Å². The van der Waals surface area contributed by atoms with Gasteiger partial charge in [-0.2, -0.15) is 0 Å². The summed E-state index contributed by atoms with van der Waals surface area (Å²) in [5.41, 5.74) is 2.23. The topological polar surface area (TPSA) is 86.5 Å². The molecule has 0 spiro atoms. The standard InChI is InChI=1S/C24H21N3O4S/c1-30-20-11-5-16(6-12-20)22(29)15-32-24-26-25-23(17-3-9-19(28)10-4-17)27(24)18-7-13-21(31-2)14-8-18/h3-14,28H,15H2,1-2H3. The summed E-state index contributed by atoms with van der Waals surface area (Å²) >= 11 is 1.31. The number of ether oxygens (including phenoxy) is 2. The van der Waals surface area contributed by atoms with Crippen LogP contribution >= 0.6 is 11.8 Å². The maximum atomic E-state index is 12.7. The highest BCUT2D eigenvalue weighted by Gasteiger charge is 2.18. The van der Waals surface area contributed by atoms with E-state index in [1.54, 1.807) is 62.8 Å². The summed E-state index contributed by atoms with van der Waals surface area (Å²) in [6.45, 7) is 0. The zero-order valence-corrected chi connectivity index (χ0v) is 18.4. The number of thioether (sulfide) groups is 1. The minimum Gasteiger partial charge on any atom is -0.508 e. The van der Waals surface area contributed by atoms with Crippen molar-refractivity contribution in [2.75, 3.05) is 20.0 Å². The Morgan fingerprint density at radius 3 is 2.06 bits per heavy atom. The first-order valence-electron chi connectivity index (χ1n) is 9.78. The van der Waals surface area contributed by atoms with Gasteiger partial charge < -0.3 is 14.6 Å². The number of phenolic OH excluding ortho intramolecular Hbond substituents is 1. The number of hydrogen-bond acceptors (Lipinski definition) is 7. The number of benzene rings is 3. The fraction of sp³-hybridized carbons (Fsp3) is 0.125. The molecule has 32 heavy (non-hydrogen) atoms. The Hall–Kier alpha value is -3.78. The Morgan fingerprint density at radius 1 is 0.875 bits per heavy atom. The lowest BCUT2D eigenvalue weighted by molar-refractivity contribution is 0.102. The average Bonchev–Trinajstić information content (AvgIpc) is 3.27. The van der Waals surface area contributed by atoms with Gasteiger partial charge in [0, 0.05) is 16.8 Å². The molecule has 162 valence electrons. The first kappa shape index (κ1) is 21.5. The van der Waals surface area contributed by atoms with E-state index < -0.39 is 0 Å². The number of rotatable bonds is 8. The van der Waals surface area contributed by atoms with Crippen molar-refractivity contribution in [1.29, 1.82) is 0 Å². The maximum absolute atomic E-state index is 12.7. The van der Waals surface area contributed by atoms with Gasteiger partial charge in [0.25, 0.3) is 0 Å². The lowest BCUT2D eigenvalue weighted by Gasteiger charge is -2.11. The zero-order valence-electron chi connectivity index (χ0n) is 17.6. The predicted molar refractivity (Wildman–Crippen MR) is 123 cm³/mol. The Morgan fingerprint density at radius 2 is 1.47 bits per heavy atom. The third kappa shape index (κ3) is 4.60. The smallest absolute Gasteiger partial charge is 0.196 e. The number of Topliss-reactive ketones (excluding diaryl/α,β-unsaturated/α-hetero) is 1. The molecule has 1 aromatic heterocycles. The van der Waals surface area contributed by atoms with Crippen molar-refractivity contribution in [3.8, 4) is 34.3 Å². The molecule has 1 heterocycles. The number of methoxy groups -OCH3 is 2. The first-order chi connectivity index (χ1) is 15.6. The van der Waals surface area contributed by atoms with Gasteiger partial charge in [0.05, 0.1) is 20.0 Å². The SMILES string of the molecule is COc1ccc(C(=O)CSc2nnc(-c3ccc(O)cc3)n2-c2ccc(OC)cc2)cc1.